The van der Waals surface area contributed by atoms with E-state index < -0.39 is 0 Å². The van der Waals surface area contributed by atoms with Gasteiger partial charge in [0, 0.05) is 0 Å². The maximum absolute atomic E-state index is 13.1. The maximum atomic E-state index is 13.1. The Balaban J connectivity index is 1.57. The van der Waals surface area contributed by atoms with E-state index in [1.165, 1.54) is 25.6 Å². The fraction of sp³-hybridized carbons (Fsp3) is 0.824. The minimum atomic E-state index is -0.156. The molecule has 4 saturated carbocycles. The zero-order chi connectivity index (χ0) is 15.6. The largest absolute Gasteiger partial charge is 0.346 e. The quantitative estimate of drug-likeness (QED) is 0.901. The van der Waals surface area contributed by atoms with Gasteiger partial charge in [-0.3, -0.25) is 9.89 Å². The molecule has 22 heavy (non-hydrogen) atoms. The highest BCUT2D eigenvalue weighted by Gasteiger charge is 2.62. The number of H-pyrrole nitrogens is 1. The summed E-state index contributed by atoms with van der Waals surface area (Å²) in [6.07, 6.45) is 8.60. The van der Waals surface area contributed by atoms with Gasteiger partial charge in [0.25, 0.3) is 0 Å². The Morgan fingerprint density at radius 1 is 1.27 bits per heavy atom. The van der Waals surface area contributed by atoms with Gasteiger partial charge in [-0.05, 0) is 62.2 Å². The summed E-state index contributed by atoms with van der Waals surface area (Å²) in [5.74, 6) is 1.70. The highest BCUT2D eigenvalue weighted by atomic mass is 16.2. The average Bonchev–Trinajstić information content (AvgIpc) is 2.87. The minimum Gasteiger partial charge on any atom is -0.346 e. The summed E-state index contributed by atoms with van der Waals surface area (Å²) in [6.45, 7) is 6.78. The maximum Gasteiger partial charge on any atom is 0.226 e. The molecule has 0 saturated heterocycles. The standard InChI is InChI=1S/C17H26N4O/c1-11(13-18-10-19-21-13)20-14(22)17-6-12-4-15(2,8-17)7-16(3,5-12)9-17/h10-12H,4-9H2,1-3H3,(H,20,22)(H,18,19,21)/t11-,12?,15-,16+,17?/m0/s1. The number of carbonyl (C=O) groups excluding carboxylic acids is 1. The fourth-order valence-corrected chi connectivity index (χ4v) is 6.54. The number of amides is 1. The van der Waals surface area contributed by atoms with E-state index in [2.05, 4.69) is 34.3 Å². The van der Waals surface area contributed by atoms with Gasteiger partial charge < -0.3 is 5.32 Å². The second-order valence-electron chi connectivity index (χ2n) is 8.98. The van der Waals surface area contributed by atoms with E-state index in [1.807, 2.05) is 6.92 Å². The van der Waals surface area contributed by atoms with E-state index in [-0.39, 0.29) is 17.4 Å². The highest BCUT2D eigenvalue weighted by molar-refractivity contribution is 5.83. The summed E-state index contributed by atoms with van der Waals surface area (Å²) in [4.78, 5) is 17.3. The highest BCUT2D eigenvalue weighted by Crippen LogP contribution is 2.69. The van der Waals surface area contributed by atoms with Crippen LogP contribution in [0.4, 0.5) is 0 Å². The van der Waals surface area contributed by atoms with Crippen LogP contribution in [-0.2, 0) is 4.79 Å². The smallest absolute Gasteiger partial charge is 0.226 e. The minimum absolute atomic E-state index is 0.108. The molecule has 4 fully saturated rings. The number of rotatable bonds is 3. The van der Waals surface area contributed by atoms with Gasteiger partial charge in [0.15, 0.2) is 0 Å². The van der Waals surface area contributed by atoms with Crippen molar-refractivity contribution in [2.24, 2.45) is 22.2 Å². The van der Waals surface area contributed by atoms with E-state index in [0.29, 0.717) is 10.8 Å². The van der Waals surface area contributed by atoms with Gasteiger partial charge in [-0.2, -0.15) is 5.10 Å². The monoisotopic (exact) mass is 302 g/mol. The third-order valence-corrected chi connectivity index (χ3v) is 6.30. The first-order chi connectivity index (χ1) is 10.3. The number of hydrogen-bond acceptors (Lipinski definition) is 3. The molecule has 2 unspecified atom stereocenters. The lowest BCUT2D eigenvalue weighted by Gasteiger charge is -2.64. The van der Waals surface area contributed by atoms with Gasteiger partial charge in [0.2, 0.25) is 5.91 Å². The first-order valence-electron chi connectivity index (χ1n) is 8.48. The zero-order valence-corrected chi connectivity index (χ0v) is 13.8. The Kier molecular flexibility index (Phi) is 2.80. The van der Waals surface area contributed by atoms with Crippen molar-refractivity contribution in [3.63, 3.8) is 0 Å². The van der Waals surface area contributed by atoms with E-state index in [0.717, 1.165) is 31.0 Å². The summed E-state index contributed by atoms with van der Waals surface area (Å²) in [5.41, 5.74) is 0.569. The lowest BCUT2D eigenvalue weighted by Crippen LogP contribution is -2.60. The Morgan fingerprint density at radius 2 is 1.95 bits per heavy atom. The van der Waals surface area contributed by atoms with Crippen LogP contribution in [0.3, 0.4) is 0 Å². The van der Waals surface area contributed by atoms with Crippen molar-refractivity contribution in [1.29, 1.82) is 0 Å². The van der Waals surface area contributed by atoms with Crippen molar-refractivity contribution < 1.29 is 4.79 Å². The molecule has 5 heteroatoms. The molecular formula is C17H26N4O. The van der Waals surface area contributed by atoms with Crippen LogP contribution in [0.1, 0.15) is 71.2 Å². The van der Waals surface area contributed by atoms with Crippen LogP contribution in [0.2, 0.25) is 0 Å². The number of nitrogens with zero attached hydrogens (tertiary/aromatic N) is 2. The van der Waals surface area contributed by atoms with Crippen LogP contribution in [-0.4, -0.2) is 21.1 Å². The fourth-order valence-electron chi connectivity index (χ4n) is 6.54. The van der Waals surface area contributed by atoms with Gasteiger partial charge in [-0.1, -0.05) is 13.8 Å². The van der Waals surface area contributed by atoms with Crippen LogP contribution in [0.15, 0.2) is 6.33 Å². The van der Waals surface area contributed by atoms with E-state index in [1.54, 1.807) is 0 Å². The Bertz CT molecular complexity index is 578. The van der Waals surface area contributed by atoms with Crippen molar-refractivity contribution in [3.05, 3.63) is 12.2 Å². The van der Waals surface area contributed by atoms with Crippen molar-refractivity contribution in [3.8, 4) is 0 Å². The molecule has 0 aromatic carbocycles. The molecule has 0 radical (unpaired) electrons. The summed E-state index contributed by atoms with van der Waals surface area (Å²) in [7, 11) is 0. The molecule has 5 atom stereocenters. The van der Waals surface area contributed by atoms with Gasteiger partial charge in [-0.25, -0.2) is 4.98 Å². The van der Waals surface area contributed by atoms with E-state index in [4.69, 9.17) is 0 Å². The molecule has 0 spiro atoms. The SMILES string of the molecule is C[C@H](NC(=O)C12CC3C[C@@](C)(C1)C[C@](C)(C3)C2)c1ncn[nH]1. The molecule has 1 amide bonds. The van der Waals surface area contributed by atoms with Gasteiger partial charge in [0.1, 0.15) is 12.2 Å². The summed E-state index contributed by atoms with van der Waals surface area (Å²) < 4.78 is 0. The molecule has 4 bridgehead atoms. The molecule has 5 rings (SSSR count). The van der Waals surface area contributed by atoms with Crippen LogP contribution in [0.25, 0.3) is 0 Å². The predicted octanol–water partition coefficient (Wildman–Crippen LogP) is 2.98. The molecule has 1 aromatic heterocycles. The topological polar surface area (TPSA) is 70.7 Å². The van der Waals surface area contributed by atoms with Crippen LogP contribution in [0, 0.1) is 22.2 Å². The number of nitrogens with one attached hydrogen (secondary N) is 2. The number of carbonyl (C=O) groups is 1. The zero-order valence-electron chi connectivity index (χ0n) is 13.8. The Labute approximate surface area is 131 Å². The Hall–Kier alpha value is -1.39. The summed E-state index contributed by atoms with van der Waals surface area (Å²) >= 11 is 0. The number of aromatic amines is 1. The lowest BCUT2D eigenvalue weighted by atomic mass is 9.40. The van der Waals surface area contributed by atoms with Crippen molar-refractivity contribution >= 4 is 5.91 Å². The molecule has 1 aromatic rings. The van der Waals surface area contributed by atoms with Crippen LogP contribution < -0.4 is 5.32 Å². The van der Waals surface area contributed by atoms with E-state index in [9.17, 15) is 4.79 Å². The molecule has 1 heterocycles. The second kappa shape index (κ2) is 4.33. The molecular weight excluding hydrogens is 276 g/mol. The lowest BCUT2D eigenvalue weighted by molar-refractivity contribution is -0.170. The summed E-state index contributed by atoms with van der Waals surface area (Å²) in [5, 5.41) is 9.93. The van der Waals surface area contributed by atoms with Crippen molar-refractivity contribution in [2.75, 3.05) is 0 Å². The second-order valence-corrected chi connectivity index (χ2v) is 8.98. The number of aromatic nitrogens is 3. The van der Waals surface area contributed by atoms with Crippen molar-refractivity contribution in [1.82, 2.24) is 20.5 Å². The molecule has 5 nitrogen and oxygen atoms in total. The molecule has 4 aliphatic rings. The first-order valence-corrected chi connectivity index (χ1v) is 8.48. The molecule has 120 valence electrons. The predicted molar refractivity (Wildman–Crippen MR) is 82.8 cm³/mol. The molecule has 2 N–H and O–H groups in total. The first kappa shape index (κ1) is 14.2. The van der Waals surface area contributed by atoms with E-state index >= 15 is 0 Å². The average molecular weight is 302 g/mol. The number of hydrogen-bond donors (Lipinski definition) is 2. The Morgan fingerprint density at radius 3 is 2.50 bits per heavy atom. The third kappa shape index (κ3) is 2.09. The van der Waals surface area contributed by atoms with Gasteiger partial charge in [0.05, 0.1) is 11.5 Å². The van der Waals surface area contributed by atoms with Crippen LogP contribution in [0.5, 0.6) is 0 Å². The molecule has 0 aliphatic heterocycles. The van der Waals surface area contributed by atoms with Crippen molar-refractivity contribution in [2.45, 2.75) is 65.3 Å². The normalized spacial score (nSPS) is 44.0. The van der Waals surface area contributed by atoms with Gasteiger partial charge in [-0.15, -0.1) is 0 Å². The summed E-state index contributed by atoms with van der Waals surface area (Å²) in [6, 6.07) is -0.108. The van der Waals surface area contributed by atoms with Crippen LogP contribution >= 0.6 is 0 Å². The van der Waals surface area contributed by atoms with Gasteiger partial charge >= 0.3 is 0 Å². The third-order valence-electron chi connectivity index (χ3n) is 6.30. The molecule has 4 aliphatic carbocycles.